The van der Waals surface area contributed by atoms with E-state index in [1.807, 2.05) is 37.3 Å². The Bertz CT molecular complexity index is 1360. The van der Waals surface area contributed by atoms with Crippen LogP contribution in [-0.2, 0) is 11.3 Å². The van der Waals surface area contributed by atoms with Gasteiger partial charge in [-0.25, -0.2) is 4.98 Å². The van der Waals surface area contributed by atoms with Gasteiger partial charge in [-0.3, -0.25) is 23.9 Å². The van der Waals surface area contributed by atoms with E-state index in [4.69, 9.17) is 0 Å². The number of aryl methyl sites for hydroxylation is 1. The second kappa shape index (κ2) is 8.65. The molecule has 3 heterocycles. The van der Waals surface area contributed by atoms with E-state index in [-0.39, 0.29) is 23.9 Å². The van der Waals surface area contributed by atoms with Crippen LogP contribution in [0.3, 0.4) is 0 Å². The molecule has 0 aliphatic carbocycles. The van der Waals surface area contributed by atoms with Crippen LogP contribution in [0.25, 0.3) is 21.1 Å². The molecule has 0 radical (unpaired) electrons. The van der Waals surface area contributed by atoms with Crippen LogP contribution >= 0.6 is 11.3 Å². The number of aromatic nitrogens is 3. The van der Waals surface area contributed by atoms with Crippen LogP contribution in [0.15, 0.2) is 47.7 Å². The fourth-order valence-corrected chi connectivity index (χ4v) is 4.33. The summed E-state index contributed by atoms with van der Waals surface area (Å²) in [5.41, 5.74) is 1.62. The number of amides is 2. The molecule has 2 amide bonds. The SMILES string of the molecule is CCCNC(=O)Cn1cnc2sc(C(=O)Nc3cnc4ccccc4c3)c(C)c2c1=O. The van der Waals surface area contributed by atoms with Crippen molar-refractivity contribution in [2.75, 3.05) is 11.9 Å². The minimum atomic E-state index is -0.336. The zero-order valence-corrected chi connectivity index (χ0v) is 18.0. The summed E-state index contributed by atoms with van der Waals surface area (Å²) < 4.78 is 1.27. The van der Waals surface area contributed by atoms with E-state index in [2.05, 4.69) is 20.6 Å². The zero-order valence-electron chi connectivity index (χ0n) is 17.1. The minimum absolute atomic E-state index is 0.110. The van der Waals surface area contributed by atoms with Crippen molar-refractivity contribution < 1.29 is 9.59 Å². The lowest BCUT2D eigenvalue weighted by atomic mass is 10.2. The molecule has 0 aliphatic rings. The van der Waals surface area contributed by atoms with Gasteiger partial charge in [-0.05, 0) is 31.0 Å². The largest absolute Gasteiger partial charge is 0.355 e. The van der Waals surface area contributed by atoms with Crippen LogP contribution in [0.5, 0.6) is 0 Å². The van der Waals surface area contributed by atoms with E-state index in [1.165, 1.54) is 10.9 Å². The predicted molar refractivity (Wildman–Crippen MR) is 122 cm³/mol. The van der Waals surface area contributed by atoms with E-state index in [9.17, 15) is 14.4 Å². The van der Waals surface area contributed by atoms with Gasteiger partial charge in [-0.2, -0.15) is 0 Å². The first-order chi connectivity index (χ1) is 15.0. The van der Waals surface area contributed by atoms with Crippen LogP contribution < -0.4 is 16.2 Å². The lowest BCUT2D eigenvalue weighted by Crippen LogP contribution is -2.32. The number of carbonyl (C=O) groups excluding carboxylic acids is 2. The molecule has 0 fully saturated rings. The van der Waals surface area contributed by atoms with Gasteiger partial charge in [0.05, 0.1) is 34.0 Å². The van der Waals surface area contributed by atoms with E-state index >= 15 is 0 Å². The molecule has 0 unspecified atom stereocenters. The number of thiophene rings is 1. The maximum atomic E-state index is 12.9. The number of benzene rings is 1. The monoisotopic (exact) mass is 435 g/mol. The lowest BCUT2D eigenvalue weighted by Gasteiger charge is -2.06. The standard InChI is InChI=1S/C22H21N5O3S/c1-3-8-23-17(28)11-27-12-25-21-18(22(27)30)13(2)19(31-21)20(29)26-15-9-14-6-4-5-7-16(14)24-10-15/h4-7,9-10,12H,3,8,11H2,1-2H3,(H,23,28)(H,26,29). The van der Waals surface area contributed by atoms with Crippen LogP contribution in [0.4, 0.5) is 5.69 Å². The fourth-order valence-electron chi connectivity index (χ4n) is 3.29. The van der Waals surface area contributed by atoms with Gasteiger partial charge in [0.2, 0.25) is 5.91 Å². The van der Waals surface area contributed by atoms with Crippen molar-refractivity contribution in [3.05, 3.63) is 63.7 Å². The molecule has 31 heavy (non-hydrogen) atoms. The molecule has 1 aromatic carbocycles. The number of para-hydroxylation sites is 1. The summed E-state index contributed by atoms with van der Waals surface area (Å²) in [7, 11) is 0. The maximum Gasteiger partial charge on any atom is 0.266 e. The molecule has 0 saturated heterocycles. The first-order valence-corrected chi connectivity index (χ1v) is 10.7. The molecular weight excluding hydrogens is 414 g/mol. The van der Waals surface area contributed by atoms with Gasteiger partial charge in [-0.1, -0.05) is 25.1 Å². The lowest BCUT2D eigenvalue weighted by molar-refractivity contribution is -0.121. The Hall–Kier alpha value is -3.59. The molecule has 0 spiro atoms. The Kier molecular flexibility index (Phi) is 5.77. The normalized spacial score (nSPS) is 11.0. The molecule has 2 N–H and O–H groups in total. The molecule has 3 aromatic heterocycles. The number of rotatable bonds is 6. The van der Waals surface area contributed by atoms with Crippen molar-refractivity contribution >= 4 is 50.0 Å². The highest BCUT2D eigenvalue weighted by molar-refractivity contribution is 7.20. The van der Waals surface area contributed by atoms with E-state index in [1.54, 1.807) is 13.1 Å². The number of hydrogen-bond acceptors (Lipinski definition) is 6. The van der Waals surface area contributed by atoms with Gasteiger partial charge in [0.25, 0.3) is 11.5 Å². The van der Waals surface area contributed by atoms with Gasteiger partial charge in [0.15, 0.2) is 0 Å². The van der Waals surface area contributed by atoms with Crippen LogP contribution in [0.1, 0.15) is 28.6 Å². The predicted octanol–water partition coefficient (Wildman–Crippen LogP) is 3.09. The molecule has 0 atom stereocenters. The molecule has 4 aromatic rings. The third kappa shape index (κ3) is 4.17. The average Bonchev–Trinajstić information content (AvgIpc) is 3.11. The topological polar surface area (TPSA) is 106 Å². The zero-order chi connectivity index (χ0) is 22.0. The summed E-state index contributed by atoms with van der Waals surface area (Å²) in [4.78, 5) is 47.3. The minimum Gasteiger partial charge on any atom is -0.355 e. The van der Waals surface area contributed by atoms with Crippen molar-refractivity contribution in [3.63, 3.8) is 0 Å². The van der Waals surface area contributed by atoms with Crippen molar-refractivity contribution in [3.8, 4) is 0 Å². The van der Waals surface area contributed by atoms with Crippen molar-refractivity contribution in [1.82, 2.24) is 19.9 Å². The van der Waals surface area contributed by atoms with E-state index in [0.29, 0.717) is 32.9 Å². The summed E-state index contributed by atoms with van der Waals surface area (Å²) in [5.74, 6) is -0.580. The average molecular weight is 436 g/mol. The molecule has 0 aliphatic heterocycles. The third-order valence-corrected chi connectivity index (χ3v) is 6.06. The van der Waals surface area contributed by atoms with Gasteiger partial charge >= 0.3 is 0 Å². The summed E-state index contributed by atoms with van der Waals surface area (Å²) >= 11 is 1.15. The first kappa shape index (κ1) is 20.7. The second-order valence-corrected chi connectivity index (χ2v) is 8.13. The summed E-state index contributed by atoms with van der Waals surface area (Å²) in [5, 5.41) is 6.86. The Morgan fingerprint density at radius 3 is 2.81 bits per heavy atom. The van der Waals surface area contributed by atoms with Crippen LogP contribution in [0, 0.1) is 6.92 Å². The number of hydrogen-bond donors (Lipinski definition) is 2. The summed E-state index contributed by atoms with van der Waals surface area (Å²) in [6, 6.07) is 9.48. The third-order valence-electron chi connectivity index (χ3n) is 4.86. The molecule has 0 bridgehead atoms. The number of nitrogens with zero attached hydrogens (tertiary/aromatic N) is 3. The molecule has 8 nitrogen and oxygen atoms in total. The highest BCUT2D eigenvalue weighted by Gasteiger charge is 2.20. The number of nitrogens with one attached hydrogen (secondary N) is 2. The van der Waals surface area contributed by atoms with Crippen molar-refractivity contribution in [1.29, 1.82) is 0 Å². The molecule has 0 saturated carbocycles. The second-order valence-electron chi connectivity index (χ2n) is 7.13. The van der Waals surface area contributed by atoms with E-state index < -0.39 is 0 Å². The van der Waals surface area contributed by atoms with Crippen LogP contribution in [0.2, 0.25) is 0 Å². The fraction of sp³-hybridized carbons (Fsp3) is 0.227. The smallest absolute Gasteiger partial charge is 0.266 e. The number of fused-ring (bicyclic) bond motifs is 2. The van der Waals surface area contributed by atoms with Crippen molar-refractivity contribution in [2.45, 2.75) is 26.8 Å². The molecule has 9 heteroatoms. The molecule has 4 rings (SSSR count). The quantitative estimate of drug-likeness (QED) is 0.484. The van der Waals surface area contributed by atoms with Gasteiger partial charge in [0.1, 0.15) is 11.4 Å². The highest BCUT2D eigenvalue weighted by atomic mass is 32.1. The number of anilines is 1. The Morgan fingerprint density at radius 1 is 1.19 bits per heavy atom. The molecule has 158 valence electrons. The van der Waals surface area contributed by atoms with E-state index in [0.717, 1.165) is 28.7 Å². The molecular formula is C22H21N5O3S. The van der Waals surface area contributed by atoms with Gasteiger partial charge < -0.3 is 10.6 Å². The highest BCUT2D eigenvalue weighted by Crippen LogP contribution is 2.28. The summed E-state index contributed by atoms with van der Waals surface area (Å²) in [6.45, 7) is 4.11. The van der Waals surface area contributed by atoms with Crippen molar-refractivity contribution in [2.24, 2.45) is 0 Å². The number of pyridine rings is 1. The van der Waals surface area contributed by atoms with Gasteiger partial charge in [-0.15, -0.1) is 11.3 Å². The maximum absolute atomic E-state index is 12.9. The summed E-state index contributed by atoms with van der Waals surface area (Å²) in [6.07, 6.45) is 3.76. The Morgan fingerprint density at radius 2 is 2.00 bits per heavy atom. The van der Waals surface area contributed by atoms with Gasteiger partial charge in [0, 0.05) is 11.9 Å². The first-order valence-electron chi connectivity index (χ1n) is 9.89. The number of carbonyl (C=O) groups is 2. The Balaban J connectivity index is 1.62. The van der Waals surface area contributed by atoms with Crippen LogP contribution in [-0.4, -0.2) is 32.9 Å². The Labute approximate surface area is 181 Å².